The highest BCUT2D eigenvalue weighted by Crippen LogP contribution is 2.34. The zero-order chi connectivity index (χ0) is 18.6. The summed E-state index contributed by atoms with van der Waals surface area (Å²) in [6, 6.07) is 18.3. The number of hydrogen-bond donors (Lipinski definition) is 2. The maximum absolute atomic E-state index is 12.5. The average molecular weight is 363 g/mol. The van der Waals surface area contributed by atoms with Crippen LogP contribution in [-0.4, -0.2) is 35.8 Å². The van der Waals surface area contributed by atoms with E-state index in [1.165, 1.54) is 5.56 Å². The number of nitrogens with zero attached hydrogens (tertiary/aromatic N) is 1. The number of carbonyl (C=O) groups excluding carboxylic acids is 2. The van der Waals surface area contributed by atoms with Gasteiger partial charge in [-0.3, -0.25) is 14.5 Å². The number of rotatable bonds is 5. The van der Waals surface area contributed by atoms with Crippen molar-refractivity contribution in [2.75, 3.05) is 18.4 Å². The van der Waals surface area contributed by atoms with Gasteiger partial charge in [-0.2, -0.15) is 0 Å². The Morgan fingerprint density at radius 2 is 1.74 bits per heavy atom. The Morgan fingerprint density at radius 1 is 1.04 bits per heavy atom. The van der Waals surface area contributed by atoms with Crippen molar-refractivity contribution in [3.63, 3.8) is 0 Å². The number of amides is 2. The van der Waals surface area contributed by atoms with Crippen LogP contribution < -0.4 is 10.6 Å². The van der Waals surface area contributed by atoms with Gasteiger partial charge in [0, 0.05) is 37.8 Å². The fourth-order valence-corrected chi connectivity index (χ4v) is 4.03. The zero-order valence-corrected chi connectivity index (χ0v) is 15.4. The Balaban J connectivity index is 1.26. The third-order valence-corrected chi connectivity index (χ3v) is 5.50. The van der Waals surface area contributed by atoms with E-state index in [0.717, 1.165) is 43.7 Å². The molecule has 140 valence electrons. The highest BCUT2D eigenvalue weighted by Gasteiger charge is 2.32. The molecule has 2 aromatic carbocycles. The van der Waals surface area contributed by atoms with Crippen molar-refractivity contribution in [2.24, 2.45) is 0 Å². The molecule has 2 N–H and O–H groups in total. The average Bonchev–Trinajstić information content (AvgIpc) is 2.99. The van der Waals surface area contributed by atoms with Gasteiger partial charge in [-0.1, -0.05) is 48.5 Å². The van der Waals surface area contributed by atoms with Crippen molar-refractivity contribution in [1.29, 1.82) is 0 Å². The molecule has 4 rings (SSSR count). The van der Waals surface area contributed by atoms with E-state index < -0.39 is 0 Å². The largest absolute Gasteiger partial charge is 0.353 e. The molecule has 1 unspecified atom stereocenters. The number of para-hydroxylation sites is 1. The van der Waals surface area contributed by atoms with E-state index >= 15 is 0 Å². The number of hydrogen-bond acceptors (Lipinski definition) is 3. The lowest BCUT2D eigenvalue weighted by Crippen LogP contribution is -2.44. The van der Waals surface area contributed by atoms with Crippen molar-refractivity contribution in [3.05, 3.63) is 65.7 Å². The first-order chi connectivity index (χ1) is 13.2. The summed E-state index contributed by atoms with van der Waals surface area (Å²) in [7, 11) is 0. The van der Waals surface area contributed by atoms with E-state index in [-0.39, 0.29) is 30.2 Å². The molecule has 0 saturated carbocycles. The van der Waals surface area contributed by atoms with Crippen LogP contribution in [0.4, 0.5) is 5.69 Å². The van der Waals surface area contributed by atoms with Gasteiger partial charge in [-0.05, 0) is 30.0 Å². The van der Waals surface area contributed by atoms with E-state index in [4.69, 9.17) is 0 Å². The molecular formula is C22H25N3O2. The van der Waals surface area contributed by atoms with E-state index in [1.807, 2.05) is 30.3 Å². The van der Waals surface area contributed by atoms with Crippen LogP contribution in [0.1, 0.15) is 36.3 Å². The van der Waals surface area contributed by atoms with Crippen LogP contribution in [-0.2, 0) is 16.1 Å². The third kappa shape index (κ3) is 4.19. The van der Waals surface area contributed by atoms with Gasteiger partial charge < -0.3 is 10.6 Å². The first-order valence-corrected chi connectivity index (χ1v) is 9.64. The van der Waals surface area contributed by atoms with E-state index in [9.17, 15) is 9.59 Å². The number of anilines is 1. The van der Waals surface area contributed by atoms with Crippen LogP contribution in [0.25, 0.3) is 0 Å². The van der Waals surface area contributed by atoms with Crippen molar-refractivity contribution in [3.8, 4) is 0 Å². The van der Waals surface area contributed by atoms with Gasteiger partial charge in [0.1, 0.15) is 0 Å². The quantitative estimate of drug-likeness (QED) is 0.859. The predicted molar refractivity (Wildman–Crippen MR) is 105 cm³/mol. The van der Waals surface area contributed by atoms with Gasteiger partial charge in [0.05, 0.1) is 5.92 Å². The van der Waals surface area contributed by atoms with Crippen molar-refractivity contribution in [1.82, 2.24) is 10.2 Å². The molecule has 27 heavy (non-hydrogen) atoms. The predicted octanol–water partition coefficient (Wildman–Crippen LogP) is 2.89. The normalized spacial score (nSPS) is 20.1. The van der Waals surface area contributed by atoms with Gasteiger partial charge in [0.15, 0.2) is 0 Å². The highest BCUT2D eigenvalue weighted by molar-refractivity contribution is 6.04. The van der Waals surface area contributed by atoms with E-state index in [2.05, 4.69) is 39.8 Å². The molecule has 0 spiro atoms. The van der Waals surface area contributed by atoms with Gasteiger partial charge in [-0.15, -0.1) is 0 Å². The molecule has 0 radical (unpaired) electrons. The van der Waals surface area contributed by atoms with Crippen molar-refractivity contribution >= 4 is 17.5 Å². The second kappa shape index (κ2) is 7.92. The Labute approximate surface area is 159 Å². The summed E-state index contributed by atoms with van der Waals surface area (Å²) < 4.78 is 0. The van der Waals surface area contributed by atoms with Crippen LogP contribution in [0, 0.1) is 0 Å². The van der Waals surface area contributed by atoms with Gasteiger partial charge in [-0.25, -0.2) is 0 Å². The molecule has 0 aliphatic carbocycles. The van der Waals surface area contributed by atoms with Crippen LogP contribution in [0.5, 0.6) is 0 Å². The van der Waals surface area contributed by atoms with E-state index in [0.29, 0.717) is 0 Å². The Kier molecular flexibility index (Phi) is 5.21. The lowest BCUT2D eigenvalue weighted by atomic mass is 9.96. The molecule has 5 nitrogen and oxygen atoms in total. The summed E-state index contributed by atoms with van der Waals surface area (Å²) in [6.45, 7) is 2.92. The van der Waals surface area contributed by atoms with Crippen molar-refractivity contribution < 1.29 is 9.59 Å². The second-order valence-corrected chi connectivity index (χ2v) is 7.44. The molecule has 1 atom stereocenters. The monoisotopic (exact) mass is 363 g/mol. The molecule has 0 bridgehead atoms. The number of benzene rings is 2. The van der Waals surface area contributed by atoms with Gasteiger partial charge in [0.2, 0.25) is 11.8 Å². The third-order valence-electron chi connectivity index (χ3n) is 5.50. The number of carbonyl (C=O) groups is 2. The van der Waals surface area contributed by atoms with Crippen LogP contribution in [0.2, 0.25) is 0 Å². The van der Waals surface area contributed by atoms with Crippen LogP contribution in [0.15, 0.2) is 54.6 Å². The van der Waals surface area contributed by atoms with Crippen molar-refractivity contribution in [2.45, 2.75) is 37.8 Å². The Hall–Kier alpha value is -2.66. The summed E-state index contributed by atoms with van der Waals surface area (Å²) in [4.78, 5) is 27.1. The molecule has 1 fully saturated rings. The molecule has 2 aromatic rings. The fraction of sp³-hybridized carbons (Fsp3) is 0.364. The summed E-state index contributed by atoms with van der Waals surface area (Å²) in [5.41, 5.74) is 3.08. The minimum Gasteiger partial charge on any atom is -0.353 e. The molecule has 2 aliphatic rings. The molecular weight excluding hydrogens is 338 g/mol. The maximum atomic E-state index is 12.5. The van der Waals surface area contributed by atoms with Gasteiger partial charge >= 0.3 is 0 Å². The lowest BCUT2D eigenvalue weighted by Gasteiger charge is -2.32. The van der Waals surface area contributed by atoms with Crippen LogP contribution in [0.3, 0.4) is 0 Å². The molecule has 1 saturated heterocycles. The minimum atomic E-state index is -0.376. The number of nitrogens with one attached hydrogen (secondary N) is 2. The molecule has 0 aromatic heterocycles. The molecule has 2 heterocycles. The smallest absolute Gasteiger partial charge is 0.232 e. The summed E-state index contributed by atoms with van der Waals surface area (Å²) >= 11 is 0. The Bertz CT molecular complexity index is 813. The number of fused-ring (bicyclic) bond motifs is 1. The summed E-state index contributed by atoms with van der Waals surface area (Å²) in [5.74, 6) is -0.489. The summed E-state index contributed by atoms with van der Waals surface area (Å²) in [6.07, 6.45) is 2.12. The standard InChI is InChI=1S/C22H25N3O2/c26-21(14-19-18-8-4-5-9-20(18)24-22(19)27)23-17-10-12-25(13-11-17)15-16-6-2-1-3-7-16/h1-9,17,19H,10-15H2,(H,23,26)(H,24,27). The summed E-state index contributed by atoms with van der Waals surface area (Å²) in [5, 5.41) is 6.00. The maximum Gasteiger partial charge on any atom is 0.232 e. The topological polar surface area (TPSA) is 61.4 Å². The first kappa shape index (κ1) is 17.7. The lowest BCUT2D eigenvalue weighted by molar-refractivity contribution is -0.125. The fourth-order valence-electron chi connectivity index (χ4n) is 4.03. The molecule has 2 amide bonds. The second-order valence-electron chi connectivity index (χ2n) is 7.44. The number of piperidine rings is 1. The SMILES string of the molecule is O=C(CC1C(=O)Nc2ccccc21)NC1CCN(Cc2ccccc2)CC1. The minimum absolute atomic E-state index is 0.0339. The van der Waals surface area contributed by atoms with Crippen LogP contribution >= 0.6 is 0 Å². The van der Waals surface area contributed by atoms with E-state index in [1.54, 1.807) is 0 Å². The Morgan fingerprint density at radius 3 is 2.52 bits per heavy atom. The molecule has 2 aliphatic heterocycles. The molecule has 5 heteroatoms. The number of likely N-dealkylation sites (tertiary alicyclic amines) is 1. The highest BCUT2D eigenvalue weighted by atomic mass is 16.2. The first-order valence-electron chi connectivity index (χ1n) is 9.64. The zero-order valence-electron chi connectivity index (χ0n) is 15.4. The van der Waals surface area contributed by atoms with Gasteiger partial charge in [0.25, 0.3) is 0 Å².